The van der Waals surface area contributed by atoms with Gasteiger partial charge in [-0.3, -0.25) is 4.79 Å². The molecule has 1 aromatic rings. The maximum Gasteiger partial charge on any atom is 0.326 e. The van der Waals surface area contributed by atoms with Crippen molar-refractivity contribution in [3.05, 3.63) is 35.1 Å². The molecule has 4 nitrogen and oxygen atoms in total. The second-order valence-electron chi connectivity index (χ2n) is 5.33. The molecular weight excluding hydrogens is 275 g/mol. The maximum atomic E-state index is 13.4. The molecule has 0 saturated carbocycles. The van der Waals surface area contributed by atoms with E-state index in [1.54, 1.807) is 20.8 Å². The molecule has 0 aromatic heterocycles. The Morgan fingerprint density at radius 1 is 1.15 bits per heavy atom. The summed E-state index contributed by atoms with van der Waals surface area (Å²) in [6, 6.07) is 0.0488. The molecule has 0 aliphatic rings. The summed E-state index contributed by atoms with van der Waals surface area (Å²) in [5.74, 6) is -7.29. The number of aliphatic carboxylic acids is 1. The zero-order chi connectivity index (χ0) is 15.7. The fourth-order valence-corrected chi connectivity index (χ4v) is 1.56. The van der Waals surface area contributed by atoms with Gasteiger partial charge in [-0.05, 0) is 17.5 Å². The second kappa shape index (κ2) is 5.52. The normalized spacial score (nSPS) is 12.9. The third-order valence-corrected chi connectivity index (χ3v) is 2.67. The van der Waals surface area contributed by atoms with Crippen LogP contribution in [0.4, 0.5) is 13.2 Å². The zero-order valence-electron chi connectivity index (χ0n) is 11.1. The fraction of sp³-hybridized carbons (Fsp3) is 0.385. The van der Waals surface area contributed by atoms with Crippen molar-refractivity contribution in [2.24, 2.45) is 5.41 Å². The van der Waals surface area contributed by atoms with Gasteiger partial charge in [-0.2, -0.15) is 0 Å². The van der Waals surface area contributed by atoms with Gasteiger partial charge in [0.25, 0.3) is 5.91 Å². The Hall–Kier alpha value is -2.05. The van der Waals surface area contributed by atoms with Crippen molar-refractivity contribution in [2.45, 2.75) is 26.8 Å². The molecule has 0 bridgehead atoms. The van der Waals surface area contributed by atoms with Crippen molar-refractivity contribution in [1.29, 1.82) is 0 Å². The van der Waals surface area contributed by atoms with Crippen LogP contribution in [0.5, 0.6) is 0 Å². The van der Waals surface area contributed by atoms with Crippen LogP contribution in [-0.2, 0) is 4.79 Å². The summed E-state index contributed by atoms with van der Waals surface area (Å²) in [5.41, 5.74) is -1.59. The third-order valence-electron chi connectivity index (χ3n) is 2.67. The molecule has 0 radical (unpaired) electrons. The first-order valence-corrected chi connectivity index (χ1v) is 5.73. The van der Waals surface area contributed by atoms with Crippen LogP contribution in [0.25, 0.3) is 0 Å². The lowest BCUT2D eigenvalue weighted by Gasteiger charge is -2.27. The Bertz CT molecular complexity index is 553. The number of hydrogen-bond donors (Lipinski definition) is 2. The highest BCUT2D eigenvalue weighted by molar-refractivity contribution is 5.97. The first-order chi connectivity index (χ1) is 9.05. The van der Waals surface area contributed by atoms with Crippen LogP contribution in [0.1, 0.15) is 31.1 Å². The lowest BCUT2D eigenvalue weighted by molar-refractivity contribution is -0.142. The molecule has 1 unspecified atom stereocenters. The Labute approximate surface area is 113 Å². The number of carboxylic acids is 1. The van der Waals surface area contributed by atoms with E-state index in [1.165, 1.54) is 0 Å². The van der Waals surface area contributed by atoms with Crippen molar-refractivity contribution >= 4 is 11.9 Å². The van der Waals surface area contributed by atoms with Gasteiger partial charge in [0.15, 0.2) is 17.5 Å². The Balaban J connectivity index is 3.08. The molecule has 1 aromatic carbocycles. The van der Waals surface area contributed by atoms with E-state index in [0.717, 1.165) is 6.07 Å². The predicted molar refractivity (Wildman–Crippen MR) is 64.7 cm³/mol. The highest BCUT2D eigenvalue weighted by atomic mass is 19.2. The van der Waals surface area contributed by atoms with Crippen LogP contribution in [0, 0.1) is 22.9 Å². The molecule has 20 heavy (non-hydrogen) atoms. The summed E-state index contributed by atoms with van der Waals surface area (Å²) >= 11 is 0. The molecule has 0 aliphatic heterocycles. The SMILES string of the molecule is CC(C)(C)C(NC(=O)c1ccc(F)c(F)c1F)C(=O)O. The number of rotatable bonds is 3. The number of carbonyl (C=O) groups is 2. The zero-order valence-corrected chi connectivity index (χ0v) is 11.1. The molecule has 0 heterocycles. The molecule has 1 amide bonds. The molecule has 0 fully saturated rings. The number of halogens is 3. The smallest absolute Gasteiger partial charge is 0.326 e. The summed E-state index contributed by atoms with van der Waals surface area (Å²) in [6.07, 6.45) is 0. The molecular formula is C13H14F3NO3. The molecule has 0 aliphatic carbocycles. The molecule has 110 valence electrons. The predicted octanol–water partition coefficient (Wildman–Crippen LogP) is 2.33. The summed E-state index contributed by atoms with van der Waals surface area (Å²) in [7, 11) is 0. The van der Waals surface area contributed by atoms with Crippen LogP contribution in [0.2, 0.25) is 0 Å². The Morgan fingerprint density at radius 3 is 2.15 bits per heavy atom. The average molecular weight is 289 g/mol. The van der Waals surface area contributed by atoms with Gasteiger partial charge in [0, 0.05) is 0 Å². The number of nitrogens with one attached hydrogen (secondary N) is 1. The summed E-state index contributed by atoms with van der Waals surface area (Å²) in [5, 5.41) is 11.1. The molecule has 1 rings (SSSR count). The monoisotopic (exact) mass is 289 g/mol. The number of carbonyl (C=O) groups excluding carboxylic acids is 1. The quantitative estimate of drug-likeness (QED) is 0.839. The van der Waals surface area contributed by atoms with Gasteiger partial charge in [0.1, 0.15) is 6.04 Å². The lowest BCUT2D eigenvalue weighted by Crippen LogP contribution is -2.49. The Morgan fingerprint density at radius 2 is 1.70 bits per heavy atom. The van der Waals surface area contributed by atoms with E-state index < -0.39 is 46.3 Å². The van der Waals surface area contributed by atoms with E-state index in [1.807, 2.05) is 0 Å². The van der Waals surface area contributed by atoms with Crippen LogP contribution < -0.4 is 5.32 Å². The first kappa shape index (κ1) is 16.0. The summed E-state index contributed by atoms with van der Waals surface area (Å²) in [6.45, 7) is 4.69. The maximum absolute atomic E-state index is 13.4. The minimum absolute atomic E-state index is 0.597. The van der Waals surface area contributed by atoms with E-state index >= 15 is 0 Å². The van der Waals surface area contributed by atoms with E-state index in [-0.39, 0.29) is 0 Å². The van der Waals surface area contributed by atoms with Gasteiger partial charge >= 0.3 is 5.97 Å². The van der Waals surface area contributed by atoms with Crippen molar-refractivity contribution < 1.29 is 27.9 Å². The van der Waals surface area contributed by atoms with E-state index in [9.17, 15) is 22.8 Å². The number of carboxylic acid groups (broad SMARTS) is 1. The molecule has 0 saturated heterocycles. The minimum Gasteiger partial charge on any atom is -0.480 e. The lowest BCUT2D eigenvalue weighted by atomic mass is 9.86. The van der Waals surface area contributed by atoms with Gasteiger partial charge in [-0.25, -0.2) is 18.0 Å². The van der Waals surface area contributed by atoms with Crippen molar-refractivity contribution in [2.75, 3.05) is 0 Å². The van der Waals surface area contributed by atoms with Crippen LogP contribution in [0.15, 0.2) is 12.1 Å². The van der Waals surface area contributed by atoms with Gasteiger partial charge in [-0.15, -0.1) is 0 Å². The molecule has 7 heteroatoms. The standard InChI is InChI=1S/C13H14F3NO3/c1-13(2,3)10(12(19)20)17-11(18)6-4-5-7(14)9(16)8(6)15/h4-5,10H,1-3H3,(H,17,18)(H,19,20). The summed E-state index contributed by atoms with van der Waals surface area (Å²) in [4.78, 5) is 22.9. The molecule has 1 atom stereocenters. The van der Waals surface area contributed by atoms with E-state index in [2.05, 4.69) is 5.32 Å². The fourth-order valence-electron chi connectivity index (χ4n) is 1.56. The Kier molecular flexibility index (Phi) is 4.42. The van der Waals surface area contributed by atoms with Gasteiger partial charge in [-0.1, -0.05) is 20.8 Å². The van der Waals surface area contributed by atoms with Gasteiger partial charge in [0.2, 0.25) is 0 Å². The van der Waals surface area contributed by atoms with Crippen LogP contribution in [-0.4, -0.2) is 23.0 Å². The second-order valence-corrected chi connectivity index (χ2v) is 5.33. The number of hydrogen-bond acceptors (Lipinski definition) is 2. The highest BCUT2D eigenvalue weighted by Gasteiger charge is 2.33. The average Bonchev–Trinajstić information content (AvgIpc) is 2.31. The largest absolute Gasteiger partial charge is 0.480 e. The highest BCUT2D eigenvalue weighted by Crippen LogP contribution is 2.21. The number of benzene rings is 1. The number of amides is 1. The molecule has 2 N–H and O–H groups in total. The summed E-state index contributed by atoms with van der Waals surface area (Å²) < 4.78 is 39.2. The van der Waals surface area contributed by atoms with E-state index in [0.29, 0.717) is 6.07 Å². The van der Waals surface area contributed by atoms with Gasteiger partial charge in [0.05, 0.1) is 5.56 Å². The first-order valence-electron chi connectivity index (χ1n) is 5.73. The third kappa shape index (κ3) is 3.28. The minimum atomic E-state index is -1.78. The van der Waals surface area contributed by atoms with E-state index in [4.69, 9.17) is 5.11 Å². The van der Waals surface area contributed by atoms with Gasteiger partial charge < -0.3 is 10.4 Å². The van der Waals surface area contributed by atoms with Crippen LogP contribution >= 0.6 is 0 Å². The molecule has 0 spiro atoms. The van der Waals surface area contributed by atoms with Crippen molar-refractivity contribution in [3.63, 3.8) is 0 Å². The van der Waals surface area contributed by atoms with Crippen molar-refractivity contribution in [1.82, 2.24) is 5.32 Å². The topological polar surface area (TPSA) is 66.4 Å². The van der Waals surface area contributed by atoms with Crippen molar-refractivity contribution in [3.8, 4) is 0 Å². The van der Waals surface area contributed by atoms with Crippen LogP contribution in [0.3, 0.4) is 0 Å².